The summed E-state index contributed by atoms with van der Waals surface area (Å²) in [5.41, 5.74) is 1.77. The number of hydrogen-bond acceptors (Lipinski definition) is 3. The van der Waals surface area contributed by atoms with Crippen molar-refractivity contribution in [2.24, 2.45) is 0 Å². The van der Waals surface area contributed by atoms with Gasteiger partial charge in [0, 0.05) is 11.9 Å². The van der Waals surface area contributed by atoms with Crippen LogP contribution < -0.4 is 0 Å². The molecule has 1 heterocycles. The Morgan fingerprint density at radius 3 is 2.55 bits per heavy atom. The van der Waals surface area contributed by atoms with Crippen LogP contribution in [0, 0.1) is 6.92 Å². The zero-order valence-corrected chi connectivity index (χ0v) is 14.4. The average Bonchev–Trinajstić information content (AvgIpc) is 2.98. The summed E-state index contributed by atoms with van der Waals surface area (Å²) in [5.74, 6) is 0.0495. The molecular weight excluding hydrogens is 292 g/mol. The first-order valence-electron chi connectivity index (χ1n) is 7.95. The van der Waals surface area contributed by atoms with Crippen molar-refractivity contribution in [3.8, 4) is 0 Å². The molecule has 1 aromatic heterocycles. The Morgan fingerprint density at radius 2 is 2.00 bits per heavy atom. The number of aryl methyl sites for hydroxylation is 1. The summed E-state index contributed by atoms with van der Waals surface area (Å²) in [6, 6.07) is 10.4. The number of benzene rings is 1. The van der Waals surface area contributed by atoms with Crippen LogP contribution in [0.1, 0.15) is 60.2 Å². The van der Waals surface area contributed by atoms with Gasteiger partial charge in [-0.3, -0.25) is 4.79 Å². The monoisotopic (exact) mass is 316 g/mol. The molecule has 2 rings (SSSR count). The lowest BCUT2D eigenvalue weighted by Gasteiger charge is -2.31. The fourth-order valence-corrected chi connectivity index (χ4v) is 3.23. The number of hydrogen-bond donors (Lipinski definition) is 0. The zero-order valence-electron chi connectivity index (χ0n) is 13.6. The number of aromatic nitrogens is 1. The molecule has 1 amide bonds. The number of unbranched alkanes of at least 4 members (excludes halogenated alkanes) is 1. The van der Waals surface area contributed by atoms with Crippen molar-refractivity contribution < 1.29 is 4.79 Å². The van der Waals surface area contributed by atoms with Gasteiger partial charge in [-0.25, -0.2) is 4.98 Å². The van der Waals surface area contributed by atoms with Crippen molar-refractivity contribution in [3.05, 3.63) is 52.0 Å². The molecule has 0 saturated heterocycles. The highest BCUT2D eigenvalue weighted by Gasteiger charge is 2.25. The van der Waals surface area contributed by atoms with E-state index in [-0.39, 0.29) is 11.9 Å². The summed E-state index contributed by atoms with van der Waals surface area (Å²) >= 11 is 1.53. The molecule has 118 valence electrons. The Balaban J connectivity index is 2.29. The van der Waals surface area contributed by atoms with E-state index in [0.29, 0.717) is 5.69 Å². The second-order valence-electron chi connectivity index (χ2n) is 5.44. The molecule has 0 bridgehead atoms. The Bertz CT molecular complexity index is 594. The molecule has 0 N–H and O–H groups in total. The van der Waals surface area contributed by atoms with Gasteiger partial charge in [0.1, 0.15) is 5.69 Å². The summed E-state index contributed by atoms with van der Waals surface area (Å²) in [6.07, 6.45) is 2.99. The second-order valence-corrected chi connectivity index (χ2v) is 6.50. The van der Waals surface area contributed by atoms with Gasteiger partial charge in [-0.2, -0.15) is 0 Å². The summed E-state index contributed by atoms with van der Waals surface area (Å²) < 4.78 is 0. The second kappa shape index (κ2) is 8.08. The van der Waals surface area contributed by atoms with Gasteiger partial charge in [-0.05, 0) is 25.3 Å². The van der Waals surface area contributed by atoms with E-state index in [1.54, 1.807) is 0 Å². The standard InChI is InChI=1S/C18H24N2OS/c1-4-6-12-20(18(21)16-13-22-14(3)19-16)17(5-2)15-10-8-7-9-11-15/h7-11,13,17H,4-6,12H2,1-3H3. The molecule has 0 aliphatic rings. The van der Waals surface area contributed by atoms with Crippen molar-refractivity contribution >= 4 is 17.2 Å². The van der Waals surface area contributed by atoms with E-state index in [4.69, 9.17) is 0 Å². The number of carbonyl (C=O) groups is 1. The predicted molar refractivity (Wildman–Crippen MR) is 92.3 cm³/mol. The molecule has 1 aromatic carbocycles. The van der Waals surface area contributed by atoms with E-state index < -0.39 is 0 Å². The maximum atomic E-state index is 12.9. The highest BCUT2D eigenvalue weighted by atomic mass is 32.1. The smallest absolute Gasteiger partial charge is 0.273 e. The summed E-state index contributed by atoms with van der Waals surface area (Å²) in [6.45, 7) is 7.00. The number of rotatable bonds is 7. The average molecular weight is 316 g/mol. The van der Waals surface area contributed by atoms with E-state index in [2.05, 4.69) is 31.0 Å². The lowest BCUT2D eigenvalue weighted by Crippen LogP contribution is -2.35. The molecule has 4 heteroatoms. The third kappa shape index (κ3) is 3.95. The lowest BCUT2D eigenvalue weighted by molar-refractivity contribution is 0.0662. The third-order valence-corrected chi connectivity index (χ3v) is 4.57. The molecule has 2 aromatic rings. The number of carbonyl (C=O) groups excluding carboxylic acids is 1. The van der Waals surface area contributed by atoms with Crippen molar-refractivity contribution in [2.75, 3.05) is 6.54 Å². The SMILES string of the molecule is CCCCN(C(=O)c1csc(C)n1)C(CC)c1ccccc1. The van der Waals surface area contributed by atoms with E-state index in [1.807, 2.05) is 35.4 Å². The fraction of sp³-hybridized carbons (Fsp3) is 0.444. The van der Waals surface area contributed by atoms with Gasteiger partial charge in [0.2, 0.25) is 0 Å². The third-order valence-electron chi connectivity index (χ3n) is 3.80. The van der Waals surface area contributed by atoms with Crippen molar-refractivity contribution in [1.82, 2.24) is 9.88 Å². The molecule has 22 heavy (non-hydrogen) atoms. The topological polar surface area (TPSA) is 33.2 Å². The van der Waals surface area contributed by atoms with Gasteiger partial charge in [0.15, 0.2) is 0 Å². The first-order chi connectivity index (χ1) is 10.7. The van der Waals surface area contributed by atoms with E-state index in [1.165, 1.54) is 16.9 Å². The maximum Gasteiger partial charge on any atom is 0.273 e. The van der Waals surface area contributed by atoms with E-state index in [0.717, 1.165) is 30.8 Å². The summed E-state index contributed by atoms with van der Waals surface area (Å²) in [7, 11) is 0. The number of thiazole rings is 1. The first kappa shape index (κ1) is 16.7. The van der Waals surface area contributed by atoms with Crippen LogP contribution >= 0.6 is 11.3 Å². The van der Waals surface area contributed by atoms with E-state index in [9.17, 15) is 4.79 Å². The van der Waals surface area contributed by atoms with Gasteiger partial charge >= 0.3 is 0 Å². The minimum absolute atomic E-state index is 0.0495. The Morgan fingerprint density at radius 1 is 1.27 bits per heavy atom. The number of nitrogens with zero attached hydrogens (tertiary/aromatic N) is 2. The molecule has 0 spiro atoms. The molecule has 0 aliphatic heterocycles. The lowest BCUT2D eigenvalue weighted by atomic mass is 10.0. The molecular formula is C18H24N2OS. The van der Waals surface area contributed by atoms with Gasteiger partial charge in [0.05, 0.1) is 11.0 Å². The maximum absolute atomic E-state index is 12.9. The van der Waals surface area contributed by atoms with Crippen molar-refractivity contribution in [1.29, 1.82) is 0 Å². The molecule has 0 radical (unpaired) electrons. The van der Waals surface area contributed by atoms with Crippen molar-refractivity contribution in [3.63, 3.8) is 0 Å². The Hall–Kier alpha value is -1.68. The first-order valence-corrected chi connectivity index (χ1v) is 8.83. The predicted octanol–water partition coefficient (Wildman–Crippen LogP) is 4.85. The molecule has 0 aliphatic carbocycles. The van der Waals surface area contributed by atoms with Crippen LogP contribution in [0.15, 0.2) is 35.7 Å². The molecule has 0 saturated carbocycles. The van der Waals surface area contributed by atoms with E-state index >= 15 is 0 Å². The van der Waals surface area contributed by atoms with Crippen LogP contribution in [0.4, 0.5) is 0 Å². The normalized spacial score (nSPS) is 12.1. The molecule has 1 unspecified atom stereocenters. The zero-order chi connectivity index (χ0) is 15.9. The van der Waals surface area contributed by atoms with Crippen LogP contribution in [0.3, 0.4) is 0 Å². The van der Waals surface area contributed by atoms with Crippen LogP contribution in [0.5, 0.6) is 0 Å². The quantitative estimate of drug-likeness (QED) is 0.732. The molecule has 1 atom stereocenters. The Kier molecular flexibility index (Phi) is 6.13. The van der Waals surface area contributed by atoms with Crippen LogP contribution in [0.25, 0.3) is 0 Å². The summed E-state index contributed by atoms with van der Waals surface area (Å²) in [5, 5.41) is 2.81. The fourth-order valence-electron chi connectivity index (χ4n) is 2.65. The van der Waals surface area contributed by atoms with Gasteiger partial charge in [0.25, 0.3) is 5.91 Å². The highest BCUT2D eigenvalue weighted by molar-refractivity contribution is 7.09. The van der Waals surface area contributed by atoms with Crippen LogP contribution in [-0.4, -0.2) is 22.3 Å². The minimum atomic E-state index is 0.0495. The van der Waals surface area contributed by atoms with Crippen LogP contribution in [-0.2, 0) is 0 Å². The van der Waals surface area contributed by atoms with Gasteiger partial charge < -0.3 is 4.90 Å². The van der Waals surface area contributed by atoms with Crippen molar-refractivity contribution in [2.45, 2.75) is 46.1 Å². The molecule has 0 fully saturated rings. The van der Waals surface area contributed by atoms with Gasteiger partial charge in [-0.1, -0.05) is 50.6 Å². The number of amides is 1. The van der Waals surface area contributed by atoms with Crippen LogP contribution in [0.2, 0.25) is 0 Å². The summed E-state index contributed by atoms with van der Waals surface area (Å²) in [4.78, 5) is 19.3. The largest absolute Gasteiger partial charge is 0.330 e. The van der Waals surface area contributed by atoms with Gasteiger partial charge in [-0.15, -0.1) is 11.3 Å². The highest BCUT2D eigenvalue weighted by Crippen LogP contribution is 2.26. The minimum Gasteiger partial charge on any atom is -0.330 e. The Labute approximate surface area is 137 Å². The molecule has 3 nitrogen and oxygen atoms in total.